The summed E-state index contributed by atoms with van der Waals surface area (Å²) in [5.74, 6) is 0.832. The van der Waals surface area contributed by atoms with Crippen LogP contribution in [0.15, 0.2) is 0 Å². The SMILES string of the molecule is CC[C@@H](N)[CH]C1CCCCC1. The molecule has 1 fully saturated rings. The van der Waals surface area contributed by atoms with Crippen molar-refractivity contribution in [2.45, 2.75) is 51.5 Å². The first-order valence-corrected chi connectivity index (χ1v) is 4.93. The van der Waals surface area contributed by atoms with Crippen LogP contribution in [-0.2, 0) is 0 Å². The Morgan fingerprint density at radius 2 is 2.00 bits per heavy atom. The van der Waals surface area contributed by atoms with E-state index < -0.39 is 0 Å². The molecule has 0 saturated heterocycles. The standard InChI is InChI=1S/C10H20N/c1-2-10(11)8-9-6-4-3-5-7-9/h8-10H,2-7,11H2,1H3/t10-/m1/s1. The summed E-state index contributed by atoms with van der Waals surface area (Å²) in [5, 5.41) is 0. The zero-order valence-corrected chi connectivity index (χ0v) is 7.55. The third-order valence-corrected chi connectivity index (χ3v) is 2.64. The molecule has 0 bridgehead atoms. The van der Waals surface area contributed by atoms with Crippen molar-refractivity contribution in [1.82, 2.24) is 0 Å². The molecule has 0 heterocycles. The summed E-state index contributed by atoms with van der Waals surface area (Å²) < 4.78 is 0. The van der Waals surface area contributed by atoms with Crippen LogP contribution in [0.2, 0.25) is 0 Å². The van der Waals surface area contributed by atoms with E-state index in [1.807, 2.05) is 0 Å². The molecule has 11 heavy (non-hydrogen) atoms. The summed E-state index contributed by atoms with van der Waals surface area (Å²) >= 11 is 0. The van der Waals surface area contributed by atoms with Crippen LogP contribution in [0.25, 0.3) is 0 Å². The highest BCUT2D eigenvalue weighted by atomic mass is 14.6. The molecule has 1 radical (unpaired) electrons. The Kier molecular flexibility index (Phi) is 3.92. The maximum atomic E-state index is 5.85. The molecule has 1 aliphatic rings. The van der Waals surface area contributed by atoms with E-state index in [0.717, 1.165) is 12.3 Å². The smallest absolute Gasteiger partial charge is 0.00705 e. The van der Waals surface area contributed by atoms with E-state index in [2.05, 4.69) is 13.3 Å². The molecule has 2 N–H and O–H groups in total. The fourth-order valence-electron chi connectivity index (χ4n) is 1.81. The lowest BCUT2D eigenvalue weighted by Gasteiger charge is -2.23. The molecule has 1 atom stereocenters. The van der Waals surface area contributed by atoms with E-state index >= 15 is 0 Å². The molecule has 1 saturated carbocycles. The predicted molar refractivity (Wildman–Crippen MR) is 49.1 cm³/mol. The average molecular weight is 154 g/mol. The highest BCUT2D eigenvalue weighted by Gasteiger charge is 2.15. The van der Waals surface area contributed by atoms with Gasteiger partial charge in [0, 0.05) is 6.04 Å². The van der Waals surface area contributed by atoms with Crippen LogP contribution in [0.1, 0.15) is 45.4 Å². The van der Waals surface area contributed by atoms with E-state index in [1.54, 1.807) is 0 Å². The van der Waals surface area contributed by atoms with E-state index in [4.69, 9.17) is 5.73 Å². The zero-order chi connectivity index (χ0) is 8.10. The first-order chi connectivity index (χ1) is 5.33. The molecule has 1 rings (SSSR count). The third kappa shape index (κ3) is 3.24. The Morgan fingerprint density at radius 1 is 1.36 bits per heavy atom. The van der Waals surface area contributed by atoms with Crippen molar-refractivity contribution >= 4 is 0 Å². The number of rotatable bonds is 3. The number of nitrogens with two attached hydrogens (primary N) is 1. The molecule has 1 heteroatoms. The molecule has 0 aromatic heterocycles. The van der Waals surface area contributed by atoms with Gasteiger partial charge in [-0.25, -0.2) is 0 Å². The number of hydrogen-bond donors (Lipinski definition) is 1. The highest BCUT2D eigenvalue weighted by molar-refractivity contribution is 4.87. The van der Waals surface area contributed by atoms with E-state index in [0.29, 0.717) is 6.04 Å². The van der Waals surface area contributed by atoms with E-state index in [9.17, 15) is 0 Å². The Hall–Kier alpha value is -0.0400. The van der Waals surface area contributed by atoms with Crippen molar-refractivity contribution < 1.29 is 0 Å². The molecule has 0 aromatic carbocycles. The minimum atomic E-state index is 0.345. The Morgan fingerprint density at radius 3 is 2.55 bits per heavy atom. The summed E-state index contributed by atoms with van der Waals surface area (Å²) in [6.45, 7) is 2.16. The molecule has 0 aliphatic heterocycles. The van der Waals surface area contributed by atoms with Gasteiger partial charge in [0.2, 0.25) is 0 Å². The first kappa shape index (κ1) is 9.05. The molecular formula is C10H20N. The summed E-state index contributed by atoms with van der Waals surface area (Å²) in [5.41, 5.74) is 5.85. The summed E-state index contributed by atoms with van der Waals surface area (Å²) in [4.78, 5) is 0. The van der Waals surface area contributed by atoms with Crippen LogP contribution in [0.5, 0.6) is 0 Å². The largest absolute Gasteiger partial charge is 0.327 e. The molecule has 0 aromatic rings. The van der Waals surface area contributed by atoms with Gasteiger partial charge in [0.05, 0.1) is 0 Å². The lowest BCUT2D eigenvalue weighted by Crippen LogP contribution is -2.24. The molecule has 65 valence electrons. The van der Waals surface area contributed by atoms with Gasteiger partial charge in [-0.3, -0.25) is 0 Å². The quantitative estimate of drug-likeness (QED) is 0.664. The van der Waals surface area contributed by atoms with Gasteiger partial charge in [0.1, 0.15) is 0 Å². The van der Waals surface area contributed by atoms with Gasteiger partial charge in [0.15, 0.2) is 0 Å². The van der Waals surface area contributed by atoms with Gasteiger partial charge in [-0.05, 0) is 18.8 Å². The normalized spacial score (nSPS) is 23.5. The first-order valence-electron chi connectivity index (χ1n) is 4.93. The lowest BCUT2D eigenvalue weighted by atomic mass is 9.84. The third-order valence-electron chi connectivity index (χ3n) is 2.64. The minimum absolute atomic E-state index is 0.345. The van der Waals surface area contributed by atoms with Crippen molar-refractivity contribution in [3.05, 3.63) is 6.42 Å². The van der Waals surface area contributed by atoms with Crippen LogP contribution in [0.3, 0.4) is 0 Å². The van der Waals surface area contributed by atoms with Crippen LogP contribution in [-0.4, -0.2) is 6.04 Å². The Balaban J connectivity index is 2.13. The minimum Gasteiger partial charge on any atom is -0.327 e. The molecule has 1 aliphatic carbocycles. The molecule has 0 amide bonds. The second-order valence-corrected chi connectivity index (χ2v) is 3.66. The number of hydrogen-bond acceptors (Lipinski definition) is 1. The van der Waals surface area contributed by atoms with E-state index in [1.165, 1.54) is 32.1 Å². The highest BCUT2D eigenvalue weighted by Crippen LogP contribution is 2.26. The molecule has 0 spiro atoms. The van der Waals surface area contributed by atoms with Crippen molar-refractivity contribution in [3.8, 4) is 0 Å². The van der Waals surface area contributed by atoms with Gasteiger partial charge in [-0.1, -0.05) is 39.0 Å². The van der Waals surface area contributed by atoms with Crippen LogP contribution in [0.4, 0.5) is 0 Å². The second kappa shape index (κ2) is 4.76. The fourth-order valence-corrected chi connectivity index (χ4v) is 1.81. The maximum Gasteiger partial charge on any atom is 0.00705 e. The van der Waals surface area contributed by atoms with Gasteiger partial charge in [-0.2, -0.15) is 0 Å². The fraction of sp³-hybridized carbons (Fsp3) is 0.900. The topological polar surface area (TPSA) is 26.0 Å². The lowest BCUT2D eigenvalue weighted by molar-refractivity contribution is 0.380. The van der Waals surface area contributed by atoms with Crippen LogP contribution >= 0.6 is 0 Å². The molecule has 0 unspecified atom stereocenters. The Labute approximate surface area is 70.4 Å². The van der Waals surface area contributed by atoms with Crippen LogP contribution in [0, 0.1) is 12.3 Å². The average Bonchev–Trinajstić information content (AvgIpc) is 2.06. The summed E-state index contributed by atoms with van der Waals surface area (Å²) in [6.07, 6.45) is 10.5. The van der Waals surface area contributed by atoms with Crippen molar-refractivity contribution in [2.24, 2.45) is 11.7 Å². The summed E-state index contributed by atoms with van der Waals surface area (Å²) in [6, 6.07) is 0.345. The van der Waals surface area contributed by atoms with Gasteiger partial charge in [-0.15, -0.1) is 0 Å². The Bertz CT molecular complexity index is 95.0. The van der Waals surface area contributed by atoms with Gasteiger partial charge in [0.25, 0.3) is 0 Å². The van der Waals surface area contributed by atoms with Gasteiger partial charge >= 0.3 is 0 Å². The molecular weight excluding hydrogens is 134 g/mol. The second-order valence-electron chi connectivity index (χ2n) is 3.66. The monoisotopic (exact) mass is 154 g/mol. The van der Waals surface area contributed by atoms with Crippen molar-refractivity contribution in [2.75, 3.05) is 0 Å². The van der Waals surface area contributed by atoms with Crippen molar-refractivity contribution in [1.29, 1.82) is 0 Å². The van der Waals surface area contributed by atoms with Crippen molar-refractivity contribution in [3.63, 3.8) is 0 Å². The van der Waals surface area contributed by atoms with Crippen LogP contribution < -0.4 is 5.73 Å². The maximum absolute atomic E-state index is 5.85. The van der Waals surface area contributed by atoms with Gasteiger partial charge < -0.3 is 5.73 Å². The predicted octanol–water partition coefficient (Wildman–Crippen LogP) is 2.51. The summed E-state index contributed by atoms with van der Waals surface area (Å²) in [7, 11) is 0. The molecule has 1 nitrogen and oxygen atoms in total. The zero-order valence-electron chi connectivity index (χ0n) is 7.55. The van der Waals surface area contributed by atoms with E-state index in [-0.39, 0.29) is 0 Å².